The third kappa shape index (κ3) is 2.29. The van der Waals surface area contributed by atoms with Gasteiger partial charge in [-0.15, -0.1) is 11.6 Å². The van der Waals surface area contributed by atoms with E-state index in [1.54, 1.807) is 0 Å². The zero-order valence-electron chi connectivity index (χ0n) is 6.79. The van der Waals surface area contributed by atoms with Crippen molar-refractivity contribution in [1.29, 1.82) is 0 Å². The summed E-state index contributed by atoms with van der Waals surface area (Å²) in [4.78, 5) is 21.7. The average molecular weight is 198 g/mol. The van der Waals surface area contributed by atoms with Crippen LogP contribution in [-0.4, -0.2) is 17.6 Å². The number of ketones is 1. The van der Waals surface area contributed by atoms with Crippen molar-refractivity contribution in [2.75, 3.05) is 5.88 Å². The molecule has 0 heterocycles. The quantitative estimate of drug-likeness (QED) is 0.585. The first-order valence-corrected chi connectivity index (χ1v) is 4.17. The van der Waals surface area contributed by atoms with E-state index in [1.165, 1.54) is 24.3 Å². The molecule has 13 heavy (non-hydrogen) atoms. The summed E-state index contributed by atoms with van der Waals surface area (Å²) in [5, 5.41) is 0. The summed E-state index contributed by atoms with van der Waals surface area (Å²) in [6.07, 6.45) is 0. The van der Waals surface area contributed by atoms with Gasteiger partial charge in [0, 0.05) is 11.1 Å². The molecule has 3 nitrogen and oxygen atoms in total. The molecule has 4 heteroatoms. The van der Waals surface area contributed by atoms with Gasteiger partial charge in [-0.1, -0.05) is 12.1 Å². The molecule has 1 aromatic carbocycles. The van der Waals surface area contributed by atoms with Crippen LogP contribution in [0.3, 0.4) is 0 Å². The number of hydrogen-bond donors (Lipinski definition) is 1. The van der Waals surface area contributed by atoms with Gasteiger partial charge in [-0.2, -0.15) is 0 Å². The van der Waals surface area contributed by atoms with Crippen molar-refractivity contribution >= 4 is 23.3 Å². The average Bonchev–Trinajstić information content (AvgIpc) is 2.17. The Hall–Kier alpha value is -1.35. The fraction of sp³-hybridized carbons (Fsp3) is 0.111. The number of Topliss-reactive ketones (excluding diaryl/α,β-unsaturated/α-hetero) is 1. The molecule has 1 amide bonds. The van der Waals surface area contributed by atoms with E-state index in [1.807, 2.05) is 0 Å². The summed E-state index contributed by atoms with van der Waals surface area (Å²) in [5.74, 6) is -0.738. The van der Waals surface area contributed by atoms with Gasteiger partial charge in [-0.05, 0) is 12.1 Å². The molecule has 1 aromatic rings. The molecule has 0 aromatic heterocycles. The summed E-state index contributed by atoms with van der Waals surface area (Å²) in [7, 11) is 0. The van der Waals surface area contributed by atoms with Gasteiger partial charge in [0.05, 0.1) is 5.88 Å². The maximum absolute atomic E-state index is 11.0. The van der Waals surface area contributed by atoms with E-state index in [0.717, 1.165) is 0 Å². The van der Waals surface area contributed by atoms with Crippen LogP contribution in [0.4, 0.5) is 0 Å². The Labute approximate surface area is 80.5 Å². The summed E-state index contributed by atoms with van der Waals surface area (Å²) < 4.78 is 0. The molecule has 0 fully saturated rings. The van der Waals surface area contributed by atoms with Gasteiger partial charge in [-0.3, -0.25) is 9.59 Å². The van der Waals surface area contributed by atoms with Crippen molar-refractivity contribution in [1.82, 2.24) is 0 Å². The fourth-order valence-electron chi connectivity index (χ4n) is 0.898. The fourth-order valence-corrected chi connectivity index (χ4v) is 1.05. The number of amides is 1. The Morgan fingerprint density at radius 3 is 2.00 bits per heavy atom. The number of nitrogens with two attached hydrogens (primary N) is 1. The topological polar surface area (TPSA) is 60.2 Å². The highest BCUT2D eigenvalue weighted by Gasteiger charge is 2.04. The first kappa shape index (κ1) is 9.74. The van der Waals surface area contributed by atoms with Crippen LogP contribution in [0.25, 0.3) is 0 Å². The lowest BCUT2D eigenvalue weighted by Crippen LogP contribution is -2.11. The smallest absolute Gasteiger partial charge is 0.248 e. The van der Waals surface area contributed by atoms with Crippen molar-refractivity contribution < 1.29 is 9.59 Å². The van der Waals surface area contributed by atoms with Crippen LogP contribution in [0.1, 0.15) is 20.7 Å². The SMILES string of the molecule is NC(=O)c1ccc(C(=O)CCl)cc1. The largest absolute Gasteiger partial charge is 0.366 e. The molecule has 0 aliphatic rings. The molecule has 0 spiro atoms. The lowest BCUT2D eigenvalue weighted by Gasteiger charge is -1.97. The zero-order valence-corrected chi connectivity index (χ0v) is 7.54. The molecule has 1 rings (SSSR count). The third-order valence-electron chi connectivity index (χ3n) is 1.61. The zero-order chi connectivity index (χ0) is 9.84. The van der Waals surface area contributed by atoms with Crippen LogP contribution >= 0.6 is 11.6 Å². The van der Waals surface area contributed by atoms with Crippen molar-refractivity contribution in [3.05, 3.63) is 35.4 Å². The second kappa shape index (κ2) is 4.05. The van der Waals surface area contributed by atoms with Crippen molar-refractivity contribution in [2.45, 2.75) is 0 Å². The molecular weight excluding hydrogens is 190 g/mol. The highest BCUT2D eigenvalue weighted by molar-refractivity contribution is 6.30. The van der Waals surface area contributed by atoms with E-state index < -0.39 is 5.91 Å². The Morgan fingerprint density at radius 1 is 1.15 bits per heavy atom. The number of primary amides is 1. The van der Waals surface area contributed by atoms with E-state index in [2.05, 4.69) is 0 Å². The van der Waals surface area contributed by atoms with Crippen LogP contribution in [0, 0.1) is 0 Å². The minimum absolute atomic E-state index is 0.0596. The monoisotopic (exact) mass is 197 g/mol. The van der Waals surface area contributed by atoms with E-state index in [0.29, 0.717) is 11.1 Å². The second-order valence-electron chi connectivity index (χ2n) is 2.50. The first-order valence-electron chi connectivity index (χ1n) is 3.64. The van der Waals surface area contributed by atoms with Gasteiger partial charge in [0.15, 0.2) is 5.78 Å². The number of benzene rings is 1. The predicted molar refractivity (Wildman–Crippen MR) is 50.0 cm³/mol. The summed E-state index contributed by atoms with van der Waals surface area (Å²) >= 11 is 5.35. The van der Waals surface area contributed by atoms with Gasteiger partial charge in [0.25, 0.3) is 0 Å². The minimum Gasteiger partial charge on any atom is -0.366 e. The first-order chi connectivity index (χ1) is 6.15. The number of carbonyl (C=O) groups excluding carboxylic acids is 2. The van der Waals surface area contributed by atoms with Crippen molar-refractivity contribution in [3.63, 3.8) is 0 Å². The van der Waals surface area contributed by atoms with E-state index in [9.17, 15) is 9.59 Å². The molecule has 0 saturated heterocycles. The predicted octanol–water partition coefficient (Wildman–Crippen LogP) is 1.21. The summed E-state index contributed by atoms with van der Waals surface area (Å²) in [6.45, 7) is 0. The Balaban J connectivity index is 2.93. The van der Waals surface area contributed by atoms with Gasteiger partial charge in [0.2, 0.25) is 5.91 Å². The van der Waals surface area contributed by atoms with E-state index in [4.69, 9.17) is 17.3 Å². The number of halogens is 1. The number of carbonyl (C=O) groups is 2. The molecule has 0 bridgehead atoms. The van der Waals surface area contributed by atoms with Gasteiger partial charge < -0.3 is 5.73 Å². The standard InChI is InChI=1S/C9H8ClNO2/c10-5-8(12)6-1-3-7(4-2-6)9(11)13/h1-4H,5H2,(H2,11,13). The van der Waals surface area contributed by atoms with E-state index in [-0.39, 0.29) is 11.7 Å². The number of rotatable bonds is 3. The van der Waals surface area contributed by atoms with Crippen LogP contribution in [-0.2, 0) is 0 Å². The highest BCUT2D eigenvalue weighted by Crippen LogP contribution is 2.05. The second-order valence-corrected chi connectivity index (χ2v) is 2.77. The van der Waals surface area contributed by atoms with E-state index >= 15 is 0 Å². The molecule has 0 radical (unpaired) electrons. The van der Waals surface area contributed by atoms with Crippen LogP contribution in [0.2, 0.25) is 0 Å². The molecule has 0 saturated carbocycles. The highest BCUT2D eigenvalue weighted by atomic mass is 35.5. The maximum Gasteiger partial charge on any atom is 0.248 e. The summed E-state index contributed by atoms with van der Waals surface area (Å²) in [6, 6.07) is 6.07. The lowest BCUT2D eigenvalue weighted by molar-refractivity contribution is 0.0994. The van der Waals surface area contributed by atoms with Crippen molar-refractivity contribution in [2.24, 2.45) is 5.73 Å². The Bertz CT molecular complexity index is 332. The number of hydrogen-bond acceptors (Lipinski definition) is 2. The summed E-state index contributed by atoms with van der Waals surface area (Å²) in [5.41, 5.74) is 5.89. The van der Waals surface area contributed by atoms with Crippen LogP contribution in [0.15, 0.2) is 24.3 Å². The van der Waals surface area contributed by atoms with Gasteiger partial charge in [0.1, 0.15) is 0 Å². The minimum atomic E-state index is -0.509. The normalized spacial score (nSPS) is 9.62. The van der Waals surface area contributed by atoms with Gasteiger partial charge >= 0.3 is 0 Å². The molecule has 68 valence electrons. The molecule has 0 aliphatic heterocycles. The molecule has 0 aliphatic carbocycles. The van der Waals surface area contributed by atoms with Crippen LogP contribution < -0.4 is 5.73 Å². The Kier molecular flexibility index (Phi) is 3.03. The molecule has 0 unspecified atom stereocenters. The van der Waals surface area contributed by atoms with Crippen LogP contribution in [0.5, 0.6) is 0 Å². The van der Waals surface area contributed by atoms with Gasteiger partial charge in [-0.25, -0.2) is 0 Å². The lowest BCUT2D eigenvalue weighted by atomic mass is 10.1. The molecule has 2 N–H and O–H groups in total. The molecule has 0 atom stereocenters. The molecular formula is C9H8ClNO2. The number of alkyl halides is 1. The van der Waals surface area contributed by atoms with Crippen molar-refractivity contribution in [3.8, 4) is 0 Å². The maximum atomic E-state index is 11.0. The third-order valence-corrected chi connectivity index (χ3v) is 1.86. The Morgan fingerprint density at radius 2 is 1.62 bits per heavy atom.